The molecule has 0 saturated carbocycles. The van der Waals surface area contributed by atoms with Gasteiger partial charge in [-0.25, -0.2) is 4.79 Å². The number of hydrogen-bond donors (Lipinski definition) is 0. The van der Waals surface area contributed by atoms with Crippen LogP contribution in [0.1, 0.15) is 57.1 Å². The largest absolute Gasteiger partial charge is 0.461 e. The molecule has 1 amide bonds. The molecule has 3 aromatic rings. The highest BCUT2D eigenvalue weighted by Crippen LogP contribution is 2.26. The SMILES string of the molecule is CCOC(=O)c1c(C)c(C(=O)N(CC)Cc2ccccc2)c(C)n1Cc1ccccc1. The Morgan fingerprint density at radius 2 is 1.48 bits per heavy atom. The van der Waals surface area contributed by atoms with Gasteiger partial charge in [0.1, 0.15) is 5.69 Å². The second kappa shape index (κ2) is 10.1. The fourth-order valence-corrected chi connectivity index (χ4v) is 3.93. The van der Waals surface area contributed by atoms with Gasteiger partial charge < -0.3 is 14.2 Å². The van der Waals surface area contributed by atoms with Crippen molar-refractivity contribution in [3.8, 4) is 0 Å². The zero-order chi connectivity index (χ0) is 22.4. The van der Waals surface area contributed by atoms with Crippen LogP contribution >= 0.6 is 0 Å². The van der Waals surface area contributed by atoms with Crippen LogP contribution in [0.4, 0.5) is 0 Å². The van der Waals surface area contributed by atoms with Gasteiger partial charge in [-0.15, -0.1) is 0 Å². The van der Waals surface area contributed by atoms with Crippen molar-refractivity contribution >= 4 is 11.9 Å². The maximum absolute atomic E-state index is 13.6. The lowest BCUT2D eigenvalue weighted by atomic mass is 10.1. The molecule has 0 aliphatic heterocycles. The average Bonchev–Trinajstić information content (AvgIpc) is 3.02. The van der Waals surface area contributed by atoms with Gasteiger partial charge in [-0.3, -0.25) is 4.79 Å². The standard InChI is InChI=1S/C26H30N2O3/c1-5-27(17-21-13-9-7-10-14-21)25(29)23-19(3)24(26(30)31-6-2)28(20(23)4)18-22-15-11-8-12-16-22/h7-16H,5-6,17-18H2,1-4H3. The molecule has 0 saturated heterocycles. The maximum atomic E-state index is 13.6. The van der Waals surface area contributed by atoms with E-state index in [1.807, 2.05) is 90.9 Å². The molecular weight excluding hydrogens is 388 g/mol. The van der Waals surface area contributed by atoms with Crippen molar-refractivity contribution in [3.63, 3.8) is 0 Å². The third-order valence-corrected chi connectivity index (χ3v) is 5.52. The van der Waals surface area contributed by atoms with Gasteiger partial charge in [0, 0.05) is 25.3 Å². The Bertz CT molecular complexity index is 1040. The molecule has 0 fully saturated rings. The minimum Gasteiger partial charge on any atom is -0.461 e. The van der Waals surface area contributed by atoms with Crippen molar-refractivity contribution in [2.75, 3.05) is 13.2 Å². The number of carbonyl (C=O) groups excluding carboxylic acids is 2. The number of benzene rings is 2. The quantitative estimate of drug-likeness (QED) is 0.484. The van der Waals surface area contributed by atoms with Crippen LogP contribution in [0.25, 0.3) is 0 Å². The number of hydrogen-bond acceptors (Lipinski definition) is 3. The molecule has 162 valence electrons. The van der Waals surface area contributed by atoms with E-state index in [-0.39, 0.29) is 12.5 Å². The summed E-state index contributed by atoms with van der Waals surface area (Å²) in [6, 6.07) is 19.9. The summed E-state index contributed by atoms with van der Waals surface area (Å²) >= 11 is 0. The molecule has 0 atom stereocenters. The van der Waals surface area contributed by atoms with Gasteiger partial charge in [-0.05, 0) is 44.4 Å². The Morgan fingerprint density at radius 1 is 0.903 bits per heavy atom. The minimum atomic E-state index is -0.399. The summed E-state index contributed by atoms with van der Waals surface area (Å²) in [6.07, 6.45) is 0. The van der Waals surface area contributed by atoms with Crippen LogP contribution in [-0.2, 0) is 17.8 Å². The van der Waals surface area contributed by atoms with E-state index in [1.165, 1.54) is 0 Å². The molecule has 1 aromatic heterocycles. The molecule has 2 aromatic carbocycles. The molecule has 0 spiro atoms. The molecule has 3 rings (SSSR count). The van der Waals surface area contributed by atoms with E-state index >= 15 is 0 Å². The van der Waals surface area contributed by atoms with Crippen LogP contribution in [0.15, 0.2) is 60.7 Å². The van der Waals surface area contributed by atoms with Gasteiger partial charge >= 0.3 is 5.97 Å². The Labute approximate surface area is 184 Å². The zero-order valence-corrected chi connectivity index (χ0v) is 18.7. The molecule has 5 nitrogen and oxygen atoms in total. The number of nitrogens with zero attached hydrogens (tertiary/aromatic N) is 2. The smallest absolute Gasteiger partial charge is 0.355 e. The van der Waals surface area contributed by atoms with E-state index in [0.29, 0.717) is 36.5 Å². The number of ether oxygens (including phenoxy) is 1. The molecule has 0 bridgehead atoms. The van der Waals surface area contributed by atoms with E-state index in [4.69, 9.17) is 4.74 Å². The van der Waals surface area contributed by atoms with E-state index < -0.39 is 5.97 Å². The highest BCUT2D eigenvalue weighted by molar-refractivity contribution is 6.01. The summed E-state index contributed by atoms with van der Waals surface area (Å²) < 4.78 is 7.24. The van der Waals surface area contributed by atoms with Gasteiger partial charge in [-0.1, -0.05) is 60.7 Å². The first-order chi connectivity index (χ1) is 15.0. The summed E-state index contributed by atoms with van der Waals surface area (Å²) in [5.41, 5.74) is 4.60. The summed E-state index contributed by atoms with van der Waals surface area (Å²) in [6.45, 7) is 9.38. The Morgan fingerprint density at radius 3 is 2.03 bits per heavy atom. The summed E-state index contributed by atoms with van der Waals surface area (Å²) in [5.74, 6) is -0.470. The predicted molar refractivity (Wildman–Crippen MR) is 122 cm³/mol. The number of amides is 1. The summed E-state index contributed by atoms with van der Waals surface area (Å²) in [4.78, 5) is 28.2. The minimum absolute atomic E-state index is 0.0706. The molecule has 0 radical (unpaired) electrons. The van der Waals surface area contributed by atoms with Crippen LogP contribution in [0.5, 0.6) is 0 Å². The van der Waals surface area contributed by atoms with Gasteiger partial charge in [-0.2, -0.15) is 0 Å². The first kappa shape index (κ1) is 22.3. The van der Waals surface area contributed by atoms with Gasteiger partial charge in [0.05, 0.1) is 12.2 Å². The van der Waals surface area contributed by atoms with Crippen LogP contribution < -0.4 is 0 Å². The molecule has 5 heteroatoms. The Balaban J connectivity index is 2.03. The molecule has 0 aliphatic rings. The fourth-order valence-electron chi connectivity index (χ4n) is 3.93. The van der Waals surface area contributed by atoms with E-state index in [0.717, 1.165) is 16.8 Å². The van der Waals surface area contributed by atoms with Crippen molar-refractivity contribution in [3.05, 3.63) is 94.3 Å². The van der Waals surface area contributed by atoms with E-state index in [2.05, 4.69) is 0 Å². The molecule has 1 heterocycles. The topological polar surface area (TPSA) is 51.5 Å². The van der Waals surface area contributed by atoms with Crippen molar-refractivity contribution < 1.29 is 14.3 Å². The van der Waals surface area contributed by atoms with Crippen LogP contribution in [0.2, 0.25) is 0 Å². The van der Waals surface area contributed by atoms with E-state index in [1.54, 1.807) is 6.92 Å². The van der Waals surface area contributed by atoms with Gasteiger partial charge in [0.2, 0.25) is 0 Å². The number of aromatic nitrogens is 1. The fraction of sp³-hybridized carbons (Fsp3) is 0.308. The maximum Gasteiger partial charge on any atom is 0.355 e. The van der Waals surface area contributed by atoms with Gasteiger partial charge in [0.25, 0.3) is 5.91 Å². The molecular formula is C26H30N2O3. The van der Waals surface area contributed by atoms with Crippen molar-refractivity contribution in [1.82, 2.24) is 9.47 Å². The number of esters is 1. The third kappa shape index (κ3) is 4.88. The van der Waals surface area contributed by atoms with Crippen molar-refractivity contribution in [1.29, 1.82) is 0 Å². The highest BCUT2D eigenvalue weighted by atomic mass is 16.5. The van der Waals surface area contributed by atoms with Crippen LogP contribution in [-0.4, -0.2) is 34.5 Å². The Kier molecular flexibility index (Phi) is 7.29. The zero-order valence-electron chi connectivity index (χ0n) is 18.7. The van der Waals surface area contributed by atoms with Gasteiger partial charge in [0.15, 0.2) is 0 Å². The van der Waals surface area contributed by atoms with Crippen molar-refractivity contribution in [2.24, 2.45) is 0 Å². The van der Waals surface area contributed by atoms with Crippen LogP contribution in [0.3, 0.4) is 0 Å². The first-order valence-corrected chi connectivity index (χ1v) is 10.7. The lowest BCUT2D eigenvalue weighted by molar-refractivity contribution is 0.0513. The Hall–Kier alpha value is -3.34. The second-order valence-corrected chi connectivity index (χ2v) is 7.53. The van der Waals surface area contributed by atoms with E-state index in [9.17, 15) is 9.59 Å². The normalized spacial score (nSPS) is 10.7. The predicted octanol–water partition coefficient (Wildman–Crippen LogP) is 4.99. The number of rotatable bonds is 8. The lowest BCUT2D eigenvalue weighted by Gasteiger charge is -2.21. The average molecular weight is 419 g/mol. The third-order valence-electron chi connectivity index (χ3n) is 5.52. The highest BCUT2D eigenvalue weighted by Gasteiger charge is 2.29. The van der Waals surface area contributed by atoms with Crippen molar-refractivity contribution in [2.45, 2.75) is 40.8 Å². The second-order valence-electron chi connectivity index (χ2n) is 7.53. The van der Waals surface area contributed by atoms with Crippen LogP contribution in [0, 0.1) is 13.8 Å². The molecule has 0 unspecified atom stereocenters. The molecule has 0 N–H and O–H groups in total. The first-order valence-electron chi connectivity index (χ1n) is 10.7. The number of carbonyl (C=O) groups is 2. The summed E-state index contributed by atoms with van der Waals surface area (Å²) in [7, 11) is 0. The monoisotopic (exact) mass is 418 g/mol. The molecule has 0 aliphatic carbocycles. The summed E-state index contributed by atoms with van der Waals surface area (Å²) in [5, 5.41) is 0. The lowest BCUT2D eigenvalue weighted by Crippen LogP contribution is -2.31. The molecule has 31 heavy (non-hydrogen) atoms.